The predicted octanol–water partition coefficient (Wildman–Crippen LogP) is 3.91. The topological polar surface area (TPSA) is 60.9 Å². The van der Waals surface area contributed by atoms with Crippen LogP contribution in [0.1, 0.15) is 17.2 Å². The maximum Gasteiger partial charge on any atom is 0.390 e. The summed E-state index contributed by atoms with van der Waals surface area (Å²) in [5, 5.41) is 18.9. The van der Waals surface area contributed by atoms with Crippen LogP contribution in [-0.4, -0.2) is 5.11 Å². The van der Waals surface area contributed by atoms with Gasteiger partial charge in [-0.25, -0.2) is 0 Å². The largest absolute Gasteiger partial charge is 0.503 e. The van der Waals surface area contributed by atoms with Gasteiger partial charge in [0.15, 0.2) is 10.6 Å². The molecule has 1 N–H and O–H groups in total. The van der Waals surface area contributed by atoms with Gasteiger partial charge in [-0.1, -0.05) is 60.7 Å². The normalized spacial score (nSPS) is 24.9. The summed E-state index contributed by atoms with van der Waals surface area (Å²) in [5.74, 6) is -0.111. The van der Waals surface area contributed by atoms with Crippen molar-refractivity contribution in [2.24, 2.45) is 0 Å². The zero-order valence-electron chi connectivity index (χ0n) is 10.7. The van der Waals surface area contributed by atoms with E-state index in [0.717, 1.165) is 17.3 Å². The quantitative estimate of drug-likeness (QED) is 0.520. The van der Waals surface area contributed by atoms with Gasteiger partial charge in [0.25, 0.3) is 0 Å². The number of benzene rings is 2. The van der Waals surface area contributed by atoms with Crippen LogP contribution in [0.25, 0.3) is 4.98 Å². The molecule has 1 heterocycles. The smallest absolute Gasteiger partial charge is 0.390 e. The van der Waals surface area contributed by atoms with E-state index in [-0.39, 0.29) is 11.9 Å². The lowest BCUT2D eigenvalue weighted by atomic mass is 9.90. The molecule has 0 spiro atoms. The molecule has 0 saturated carbocycles. The molecule has 98 valence electrons. The van der Waals surface area contributed by atoms with Crippen LogP contribution < -0.4 is 0 Å². The standard InChI is InChI=1S/C16H12N2O2/c17-18-11-14(19)16(13-9-5-2-6-10-13)15(20-16)12-7-3-1-4-8-12/h1-11,15H/p+1. The lowest BCUT2D eigenvalue weighted by Crippen LogP contribution is -2.13. The average molecular weight is 265 g/mol. The van der Waals surface area contributed by atoms with Crippen molar-refractivity contribution >= 4 is 0 Å². The number of aliphatic hydroxyl groups excluding tert-OH is 1. The molecule has 4 heteroatoms. The maximum absolute atomic E-state index is 10.2. The van der Waals surface area contributed by atoms with E-state index in [0.29, 0.717) is 0 Å². The third-order valence-corrected chi connectivity index (χ3v) is 3.48. The highest BCUT2D eigenvalue weighted by atomic mass is 16.6. The van der Waals surface area contributed by atoms with Crippen LogP contribution in [0.2, 0.25) is 0 Å². The van der Waals surface area contributed by atoms with Gasteiger partial charge in [0.1, 0.15) is 6.10 Å². The average Bonchev–Trinajstić information content (AvgIpc) is 3.26. The third kappa shape index (κ3) is 1.85. The molecule has 2 aromatic rings. The Labute approximate surface area is 116 Å². The number of diazo groups is 1. The van der Waals surface area contributed by atoms with Crippen LogP contribution in [0.4, 0.5) is 0 Å². The lowest BCUT2D eigenvalue weighted by molar-refractivity contribution is 0.247. The summed E-state index contributed by atoms with van der Waals surface area (Å²) in [7, 11) is 0. The molecule has 0 aliphatic carbocycles. The number of ether oxygens (including phenoxy) is 1. The summed E-state index contributed by atoms with van der Waals surface area (Å²) in [6, 6.07) is 19.1. The molecular weight excluding hydrogens is 252 g/mol. The van der Waals surface area contributed by atoms with E-state index in [2.05, 4.69) is 4.98 Å². The van der Waals surface area contributed by atoms with Gasteiger partial charge in [-0.2, -0.15) is 0 Å². The molecular formula is C16H13N2O2+. The first-order chi connectivity index (χ1) is 9.79. The molecule has 4 nitrogen and oxygen atoms in total. The second-order valence-corrected chi connectivity index (χ2v) is 4.64. The highest BCUT2D eigenvalue weighted by molar-refractivity contribution is 5.42. The van der Waals surface area contributed by atoms with Gasteiger partial charge in [0, 0.05) is 0 Å². The van der Waals surface area contributed by atoms with E-state index in [4.69, 9.17) is 10.1 Å². The van der Waals surface area contributed by atoms with Crippen molar-refractivity contribution in [2.45, 2.75) is 11.7 Å². The summed E-state index contributed by atoms with van der Waals surface area (Å²) in [5.41, 5.74) is 0.829. The molecule has 0 aromatic heterocycles. The van der Waals surface area contributed by atoms with Gasteiger partial charge < -0.3 is 9.84 Å². The molecule has 3 rings (SSSR count). The van der Waals surface area contributed by atoms with E-state index < -0.39 is 5.60 Å². The van der Waals surface area contributed by atoms with Crippen molar-refractivity contribution in [1.29, 1.82) is 5.39 Å². The number of epoxide rings is 1. The maximum atomic E-state index is 10.2. The van der Waals surface area contributed by atoms with Gasteiger partial charge >= 0.3 is 6.20 Å². The minimum absolute atomic E-state index is 0.111. The van der Waals surface area contributed by atoms with Crippen LogP contribution in [0.3, 0.4) is 0 Å². The van der Waals surface area contributed by atoms with Crippen molar-refractivity contribution in [3.8, 4) is 0 Å². The fourth-order valence-corrected chi connectivity index (χ4v) is 2.48. The fourth-order valence-electron chi connectivity index (χ4n) is 2.48. The van der Waals surface area contributed by atoms with Crippen LogP contribution in [0, 0.1) is 5.39 Å². The number of nitrogens with zero attached hydrogens (tertiary/aromatic N) is 2. The molecule has 0 amide bonds. The van der Waals surface area contributed by atoms with Gasteiger partial charge in [-0.05, 0) is 11.1 Å². The molecule has 2 unspecified atom stereocenters. The van der Waals surface area contributed by atoms with Gasteiger partial charge in [-0.3, -0.25) is 0 Å². The number of hydrogen-bond donors (Lipinski definition) is 1. The summed E-state index contributed by atoms with van der Waals surface area (Å²) in [4.78, 5) is 2.90. The first-order valence-corrected chi connectivity index (χ1v) is 6.31. The molecule has 0 bridgehead atoms. The number of rotatable bonds is 3. The Hall–Kier alpha value is -2.64. The number of aliphatic hydroxyl groups is 1. The van der Waals surface area contributed by atoms with Crippen LogP contribution >= 0.6 is 0 Å². The van der Waals surface area contributed by atoms with Gasteiger partial charge in [0.2, 0.25) is 11.2 Å². The summed E-state index contributed by atoms with van der Waals surface area (Å²) in [6.07, 6.45) is 0.722. The second kappa shape index (κ2) is 4.80. The Morgan fingerprint density at radius 1 is 1.10 bits per heavy atom. The molecule has 1 saturated heterocycles. The van der Waals surface area contributed by atoms with Crippen molar-refractivity contribution < 1.29 is 9.84 Å². The third-order valence-electron chi connectivity index (χ3n) is 3.48. The van der Waals surface area contributed by atoms with Crippen LogP contribution in [0.15, 0.2) is 72.6 Å². The monoisotopic (exact) mass is 265 g/mol. The Kier molecular flexibility index (Phi) is 2.97. The van der Waals surface area contributed by atoms with E-state index in [1.54, 1.807) is 0 Å². The Balaban J connectivity index is 2.06. The Bertz CT molecular complexity index is 677. The zero-order valence-corrected chi connectivity index (χ0v) is 10.7. The SMILES string of the molecule is N#[N+]C=C(O)C1(c2ccccc2)OC1c1ccccc1. The van der Waals surface area contributed by atoms with E-state index >= 15 is 0 Å². The number of hydrogen-bond acceptors (Lipinski definition) is 3. The molecule has 0 radical (unpaired) electrons. The second-order valence-electron chi connectivity index (χ2n) is 4.64. The van der Waals surface area contributed by atoms with Crippen molar-refractivity contribution in [3.63, 3.8) is 0 Å². The van der Waals surface area contributed by atoms with E-state index in [1.807, 2.05) is 60.7 Å². The summed E-state index contributed by atoms with van der Waals surface area (Å²) >= 11 is 0. The van der Waals surface area contributed by atoms with Gasteiger partial charge in [-0.15, -0.1) is 0 Å². The van der Waals surface area contributed by atoms with Crippen molar-refractivity contribution in [1.82, 2.24) is 0 Å². The zero-order chi connectivity index (χ0) is 14.0. The predicted molar refractivity (Wildman–Crippen MR) is 74.2 cm³/mol. The molecule has 2 atom stereocenters. The van der Waals surface area contributed by atoms with Crippen LogP contribution in [0.5, 0.6) is 0 Å². The van der Waals surface area contributed by atoms with Crippen LogP contribution in [-0.2, 0) is 10.3 Å². The molecule has 1 aliphatic rings. The lowest BCUT2D eigenvalue weighted by Gasteiger charge is -2.10. The van der Waals surface area contributed by atoms with E-state index in [1.165, 1.54) is 0 Å². The first-order valence-electron chi connectivity index (χ1n) is 6.31. The fraction of sp³-hybridized carbons (Fsp3) is 0.125. The highest BCUT2D eigenvalue weighted by Crippen LogP contribution is 2.60. The summed E-state index contributed by atoms with van der Waals surface area (Å²) < 4.78 is 5.80. The minimum Gasteiger partial charge on any atom is -0.503 e. The van der Waals surface area contributed by atoms with E-state index in [9.17, 15) is 5.11 Å². The molecule has 1 fully saturated rings. The van der Waals surface area contributed by atoms with Gasteiger partial charge in [0.05, 0.1) is 0 Å². The Morgan fingerprint density at radius 2 is 1.70 bits per heavy atom. The summed E-state index contributed by atoms with van der Waals surface area (Å²) in [6.45, 7) is 0. The molecule has 20 heavy (non-hydrogen) atoms. The highest BCUT2D eigenvalue weighted by Gasteiger charge is 2.63. The Morgan fingerprint density at radius 3 is 2.30 bits per heavy atom. The van der Waals surface area contributed by atoms with Crippen molar-refractivity contribution in [2.75, 3.05) is 0 Å². The van der Waals surface area contributed by atoms with Crippen molar-refractivity contribution in [3.05, 3.63) is 88.7 Å². The first kappa shape index (κ1) is 12.4. The molecule has 2 aromatic carbocycles. The minimum atomic E-state index is -0.963. The molecule has 1 aliphatic heterocycles.